The minimum atomic E-state index is -3.77. The molecule has 0 saturated carbocycles. The fourth-order valence-electron chi connectivity index (χ4n) is 1.88. The Kier molecular flexibility index (Phi) is 4.86. The first-order chi connectivity index (χ1) is 11.5. The molecule has 10 heteroatoms. The maximum atomic E-state index is 12.3. The van der Waals surface area contributed by atoms with Gasteiger partial charge in [0.05, 0.1) is 28.4 Å². The van der Waals surface area contributed by atoms with Gasteiger partial charge in [0.2, 0.25) is 15.9 Å². The van der Waals surface area contributed by atoms with Crippen molar-refractivity contribution < 1.29 is 17.6 Å². The molecular formula is C14H12ClN3O4S2. The van der Waals surface area contributed by atoms with E-state index in [0.717, 1.165) is 4.88 Å². The predicted octanol–water partition coefficient (Wildman–Crippen LogP) is 2.94. The molecule has 0 bridgehead atoms. The number of thiophene rings is 1. The summed E-state index contributed by atoms with van der Waals surface area (Å²) < 4.78 is 37.4. The van der Waals surface area contributed by atoms with E-state index in [1.165, 1.54) is 36.6 Å². The van der Waals surface area contributed by atoms with Crippen LogP contribution in [0.2, 0.25) is 5.02 Å². The molecular weight excluding hydrogens is 374 g/mol. The summed E-state index contributed by atoms with van der Waals surface area (Å²) >= 11 is 7.41. The zero-order chi connectivity index (χ0) is 17.2. The molecule has 3 aromatic rings. The molecule has 0 spiro atoms. The SMILES string of the molecule is COc1ccc(S(=O)(=O)NCc2nnc(-c3cccs3)o2)cc1Cl. The highest BCUT2D eigenvalue weighted by Gasteiger charge is 2.18. The lowest BCUT2D eigenvalue weighted by atomic mass is 10.3. The van der Waals surface area contributed by atoms with Gasteiger partial charge in [-0.2, -0.15) is 0 Å². The number of sulfonamides is 1. The summed E-state index contributed by atoms with van der Waals surface area (Å²) in [6, 6.07) is 7.90. The molecule has 0 aliphatic rings. The Balaban J connectivity index is 1.72. The van der Waals surface area contributed by atoms with Gasteiger partial charge in [0.15, 0.2) is 0 Å². The predicted molar refractivity (Wildman–Crippen MR) is 89.6 cm³/mol. The Morgan fingerprint density at radius 1 is 1.33 bits per heavy atom. The van der Waals surface area contributed by atoms with Gasteiger partial charge >= 0.3 is 0 Å². The summed E-state index contributed by atoms with van der Waals surface area (Å²) in [6.45, 7) is -0.121. The lowest BCUT2D eigenvalue weighted by molar-refractivity contribution is 0.414. The van der Waals surface area contributed by atoms with Gasteiger partial charge in [0, 0.05) is 0 Å². The van der Waals surface area contributed by atoms with Crippen LogP contribution >= 0.6 is 22.9 Å². The minimum absolute atomic E-state index is 0.0197. The number of ether oxygens (including phenoxy) is 1. The zero-order valence-corrected chi connectivity index (χ0v) is 14.8. The zero-order valence-electron chi connectivity index (χ0n) is 12.4. The third kappa shape index (κ3) is 3.59. The van der Waals surface area contributed by atoms with E-state index in [0.29, 0.717) is 11.6 Å². The average molecular weight is 386 g/mol. The third-order valence-corrected chi connectivity index (χ3v) is 5.60. The highest BCUT2D eigenvalue weighted by atomic mass is 35.5. The highest BCUT2D eigenvalue weighted by molar-refractivity contribution is 7.89. The number of hydrogen-bond donors (Lipinski definition) is 1. The Morgan fingerprint density at radius 3 is 2.83 bits per heavy atom. The summed E-state index contributed by atoms with van der Waals surface area (Å²) in [6.07, 6.45) is 0. The Bertz CT molecular complexity index is 939. The molecule has 24 heavy (non-hydrogen) atoms. The van der Waals surface area contributed by atoms with Gasteiger partial charge in [-0.1, -0.05) is 17.7 Å². The van der Waals surface area contributed by atoms with Crippen LogP contribution in [0.3, 0.4) is 0 Å². The molecule has 1 aromatic carbocycles. The molecule has 0 saturated heterocycles. The van der Waals surface area contributed by atoms with Gasteiger partial charge < -0.3 is 9.15 Å². The maximum absolute atomic E-state index is 12.3. The third-order valence-electron chi connectivity index (χ3n) is 3.05. The first-order valence-corrected chi connectivity index (χ1v) is 9.43. The molecule has 0 radical (unpaired) electrons. The van der Waals surface area contributed by atoms with Crippen molar-refractivity contribution >= 4 is 33.0 Å². The molecule has 0 aliphatic heterocycles. The highest BCUT2D eigenvalue weighted by Crippen LogP contribution is 2.27. The first-order valence-electron chi connectivity index (χ1n) is 6.69. The van der Waals surface area contributed by atoms with Crippen LogP contribution in [0.25, 0.3) is 10.8 Å². The Morgan fingerprint density at radius 2 is 2.17 bits per heavy atom. The second-order valence-corrected chi connectivity index (χ2v) is 7.72. The van der Waals surface area contributed by atoms with E-state index in [4.69, 9.17) is 20.8 Å². The summed E-state index contributed by atoms with van der Waals surface area (Å²) in [5.41, 5.74) is 0. The number of rotatable bonds is 6. The van der Waals surface area contributed by atoms with E-state index in [1.54, 1.807) is 0 Å². The molecule has 0 unspecified atom stereocenters. The number of aromatic nitrogens is 2. The van der Waals surface area contributed by atoms with Gasteiger partial charge in [0.25, 0.3) is 5.89 Å². The molecule has 2 heterocycles. The lowest BCUT2D eigenvalue weighted by Gasteiger charge is -2.07. The van der Waals surface area contributed by atoms with E-state index < -0.39 is 10.0 Å². The number of halogens is 1. The monoisotopic (exact) mass is 385 g/mol. The van der Waals surface area contributed by atoms with Gasteiger partial charge in [-0.25, -0.2) is 13.1 Å². The molecule has 7 nitrogen and oxygen atoms in total. The smallest absolute Gasteiger partial charge is 0.257 e. The van der Waals surface area contributed by atoms with Crippen molar-refractivity contribution in [3.05, 3.63) is 46.6 Å². The molecule has 0 aliphatic carbocycles. The van der Waals surface area contributed by atoms with E-state index in [9.17, 15) is 8.42 Å². The molecule has 0 amide bonds. The van der Waals surface area contributed by atoms with Crippen LogP contribution in [0.4, 0.5) is 0 Å². The molecule has 3 rings (SSSR count). The molecule has 2 aromatic heterocycles. The van der Waals surface area contributed by atoms with Crippen LogP contribution < -0.4 is 9.46 Å². The van der Waals surface area contributed by atoms with Crippen LogP contribution in [-0.4, -0.2) is 25.7 Å². The van der Waals surface area contributed by atoms with Crippen molar-refractivity contribution in [2.75, 3.05) is 7.11 Å². The van der Waals surface area contributed by atoms with Crippen molar-refractivity contribution in [2.24, 2.45) is 0 Å². The van der Waals surface area contributed by atoms with Crippen molar-refractivity contribution in [1.29, 1.82) is 0 Å². The van der Waals surface area contributed by atoms with Crippen molar-refractivity contribution in [3.63, 3.8) is 0 Å². The fraction of sp³-hybridized carbons (Fsp3) is 0.143. The van der Waals surface area contributed by atoms with Crippen molar-refractivity contribution in [2.45, 2.75) is 11.4 Å². The van der Waals surface area contributed by atoms with E-state index in [1.807, 2.05) is 17.5 Å². The summed E-state index contributed by atoms with van der Waals surface area (Å²) in [7, 11) is -2.31. The summed E-state index contributed by atoms with van der Waals surface area (Å²) in [5, 5.41) is 9.81. The maximum Gasteiger partial charge on any atom is 0.257 e. The second-order valence-electron chi connectivity index (χ2n) is 4.60. The van der Waals surface area contributed by atoms with Crippen LogP contribution in [0.1, 0.15) is 5.89 Å². The lowest BCUT2D eigenvalue weighted by Crippen LogP contribution is -2.23. The number of methoxy groups -OCH3 is 1. The van der Waals surface area contributed by atoms with Gasteiger partial charge in [-0.3, -0.25) is 0 Å². The Hall–Kier alpha value is -1.94. The fourth-order valence-corrected chi connectivity index (χ4v) is 3.85. The van der Waals surface area contributed by atoms with Crippen molar-refractivity contribution in [1.82, 2.24) is 14.9 Å². The molecule has 126 valence electrons. The van der Waals surface area contributed by atoms with Gasteiger partial charge in [0.1, 0.15) is 5.75 Å². The molecule has 0 fully saturated rings. The van der Waals surface area contributed by atoms with Gasteiger partial charge in [-0.15, -0.1) is 21.5 Å². The quantitative estimate of drug-likeness (QED) is 0.701. The van der Waals surface area contributed by atoms with E-state index in [2.05, 4.69) is 14.9 Å². The average Bonchev–Trinajstić information content (AvgIpc) is 3.24. The van der Waals surface area contributed by atoms with E-state index in [-0.39, 0.29) is 22.4 Å². The van der Waals surface area contributed by atoms with Gasteiger partial charge in [-0.05, 0) is 29.6 Å². The van der Waals surface area contributed by atoms with Crippen molar-refractivity contribution in [3.8, 4) is 16.5 Å². The van der Waals surface area contributed by atoms with Crippen LogP contribution in [0.15, 0.2) is 45.0 Å². The number of nitrogens with zero attached hydrogens (tertiary/aromatic N) is 2. The normalized spacial score (nSPS) is 11.6. The van der Waals surface area contributed by atoms with E-state index >= 15 is 0 Å². The van der Waals surface area contributed by atoms with Crippen LogP contribution in [0, 0.1) is 0 Å². The second kappa shape index (κ2) is 6.89. The number of benzene rings is 1. The largest absolute Gasteiger partial charge is 0.495 e. The summed E-state index contributed by atoms with van der Waals surface area (Å²) in [4.78, 5) is 0.838. The minimum Gasteiger partial charge on any atom is -0.495 e. The Labute approximate surface area is 147 Å². The number of nitrogens with one attached hydrogen (secondary N) is 1. The first kappa shape index (κ1) is 16.9. The van der Waals surface area contributed by atoms with Crippen LogP contribution in [-0.2, 0) is 16.6 Å². The summed E-state index contributed by atoms with van der Waals surface area (Å²) in [5.74, 6) is 0.918. The standard InChI is InChI=1S/C14H12ClN3O4S2/c1-21-11-5-4-9(7-10(11)15)24(19,20)16-8-13-17-18-14(22-13)12-3-2-6-23-12/h2-7,16H,8H2,1H3. The molecule has 1 N–H and O–H groups in total. The number of hydrogen-bond acceptors (Lipinski definition) is 7. The molecule has 0 atom stereocenters. The van der Waals surface area contributed by atoms with Crippen LogP contribution in [0.5, 0.6) is 5.75 Å². The topological polar surface area (TPSA) is 94.3 Å².